The Morgan fingerprint density at radius 1 is 1.47 bits per heavy atom. The Balaban J connectivity index is 3.32. The van der Waals surface area contributed by atoms with E-state index in [4.69, 9.17) is 10.8 Å². The summed E-state index contributed by atoms with van der Waals surface area (Å²) < 4.78 is 23.0. The molecule has 0 radical (unpaired) electrons. The first-order valence-corrected chi connectivity index (χ1v) is 5.89. The van der Waals surface area contributed by atoms with Crippen LogP contribution in [0.2, 0.25) is 0 Å². The number of aromatic carboxylic acids is 1. The van der Waals surface area contributed by atoms with Crippen LogP contribution in [0, 0.1) is 0 Å². The Kier molecular flexibility index (Phi) is 2.99. The van der Waals surface area contributed by atoms with Gasteiger partial charge < -0.3 is 10.8 Å². The summed E-state index contributed by atoms with van der Waals surface area (Å²) in [5.74, 6) is -1.20. The van der Waals surface area contributed by atoms with E-state index >= 15 is 0 Å². The Hall–Kier alpha value is -1.56. The van der Waals surface area contributed by atoms with Crippen LogP contribution in [0.3, 0.4) is 0 Å². The molecule has 0 saturated heterocycles. The fraction of sp³-hybridized carbons (Fsp3) is 0.222. The van der Waals surface area contributed by atoms with Crippen molar-refractivity contribution in [1.29, 1.82) is 0 Å². The van der Waals surface area contributed by atoms with Crippen LogP contribution in [0.4, 0.5) is 5.69 Å². The summed E-state index contributed by atoms with van der Waals surface area (Å²) in [5.41, 5.74) is 5.42. The van der Waals surface area contributed by atoms with Gasteiger partial charge in [0.25, 0.3) is 0 Å². The number of hydrogen-bond acceptors (Lipinski definition) is 4. The van der Waals surface area contributed by atoms with E-state index in [1.54, 1.807) is 0 Å². The van der Waals surface area contributed by atoms with E-state index < -0.39 is 15.8 Å². The number of hydrogen-bond donors (Lipinski definition) is 2. The predicted molar refractivity (Wildman–Crippen MR) is 55.5 cm³/mol. The van der Waals surface area contributed by atoms with Crippen molar-refractivity contribution in [3.05, 3.63) is 23.8 Å². The number of nitrogens with two attached hydrogens (primary N) is 1. The van der Waals surface area contributed by atoms with Gasteiger partial charge in [-0.1, -0.05) is 6.92 Å². The van der Waals surface area contributed by atoms with E-state index in [9.17, 15) is 13.2 Å². The van der Waals surface area contributed by atoms with Crippen LogP contribution in [-0.2, 0) is 9.84 Å². The first-order valence-electron chi connectivity index (χ1n) is 4.24. The molecule has 0 aliphatic rings. The minimum absolute atomic E-state index is 0.0185. The third-order valence-corrected chi connectivity index (χ3v) is 3.77. The highest BCUT2D eigenvalue weighted by Crippen LogP contribution is 2.20. The van der Waals surface area contributed by atoms with E-state index in [-0.39, 0.29) is 21.9 Å². The van der Waals surface area contributed by atoms with Crippen LogP contribution in [0.5, 0.6) is 0 Å². The van der Waals surface area contributed by atoms with E-state index in [2.05, 4.69) is 0 Å². The molecule has 0 saturated carbocycles. The molecule has 1 aromatic carbocycles. The highest BCUT2D eigenvalue weighted by Gasteiger charge is 2.16. The van der Waals surface area contributed by atoms with Crippen molar-refractivity contribution in [3.8, 4) is 0 Å². The molecule has 0 aliphatic heterocycles. The zero-order valence-electron chi connectivity index (χ0n) is 8.10. The second kappa shape index (κ2) is 3.90. The minimum atomic E-state index is -3.39. The van der Waals surface area contributed by atoms with Crippen molar-refractivity contribution in [3.63, 3.8) is 0 Å². The average molecular weight is 229 g/mol. The standard InChI is InChI=1S/C9H11NO4S/c1-2-15(13,14)8-4-3-6(9(11)12)5-7(8)10/h3-5H,2,10H2,1H3,(H,11,12). The Morgan fingerprint density at radius 2 is 2.07 bits per heavy atom. The maximum Gasteiger partial charge on any atom is 0.335 e. The van der Waals surface area contributed by atoms with E-state index in [1.165, 1.54) is 19.1 Å². The number of carboxylic acids is 1. The van der Waals surface area contributed by atoms with Gasteiger partial charge in [-0.25, -0.2) is 13.2 Å². The van der Waals surface area contributed by atoms with E-state index in [1.807, 2.05) is 0 Å². The van der Waals surface area contributed by atoms with Crippen molar-refractivity contribution in [2.75, 3.05) is 11.5 Å². The fourth-order valence-electron chi connectivity index (χ4n) is 1.12. The summed E-state index contributed by atoms with van der Waals surface area (Å²) in [6, 6.07) is 3.59. The molecule has 0 fully saturated rings. The molecule has 0 heterocycles. The molecule has 0 spiro atoms. The molecule has 0 unspecified atom stereocenters. The van der Waals surface area contributed by atoms with Gasteiger partial charge in [0, 0.05) is 0 Å². The van der Waals surface area contributed by atoms with Crippen LogP contribution in [-0.4, -0.2) is 25.2 Å². The van der Waals surface area contributed by atoms with Crippen LogP contribution in [0.1, 0.15) is 17.3 Å². The third kappa shape index (κ3) is 2.27. The summed E-state index contributed by atoms with van der Waals surface area (Å²) in [7, 11) is -3.39. The molecular weight excluding hydrogens is 218 g/mol. The van der Waals surface area contributed by atoms with Gasteiger partial charge in [-0.3, -0.25) is 0 Å². The zero-order valence-corrected chi connectivity index (χ0v) is 8.91. The normalized spacial score (nSPS) is 11.3. The lowest BCUT2D eigenvalue weighted by Gasteiger charge is -2.05. The first kappa shape index (κ1) is 11.5. The monoisotopic (exact) mass is 229 g/mol. The van der Waals surface area contributed by atoms with Crippen molar-refractivity contribution >= 4 is 21.5 Å². The topological polar surface area (TPSA) is 97.5 Å². The van der Waals surface area contributed by atoms with Crippen LogP contribution in [0.15, 0.2) is 23.1 Å². The smallest absolute Gasteiger partial charge is 0.335 e. The van der Waals surface area contributed by atoms with Gasteiger partial charge in [0.2, 0.25) is 0 Å². The van der Waals surface area contributed by atoms with E-state index in [0.717, 1.165) is 6.07 Å². The molecular formula is C9H11NO4S. The number of nitrogen functional groups attached to an aromatic ring is 1. The lowest BCUT2D eigenvalue weighted by atomic mass is 10.2. The maximum atomic E-state index is 11.5. The molecule has 0 atom stereocenters. The molecule has 82 valence electrons. The summed E-state index contributed by atoms with van der Waals surface area (Å²) in [6.45, 7) is 1.50. The van der Waals surface area contributed by atoms with Gasteiger partial charge in [0.1, 0.15) is 0 Å². The minimum Gasteiger partial charge on any atom is -0.478 e. The largest absolute Gasteiger partial charge is 0.478 e. The van der Waals surface area contributed by atoms with Crippen LogP contribution >= 0.6 is 0 Å². The fourth-order valence-corrected chi connectivity index (χ4v) is 2.12. The highest BCUT2D eigenvalue weighted by molar-refractivity contribution is 7.91. The highest BCUT2D eigenvalue weighted by atomic mass is 32.2. The molecule has 0 aromatic heterocycles. The van der Waals surface area contributed by atoms with Gasteiger partial charge in [0.15, 0.2) is 9.84 Å². The number of carboxylic acid groups (broad SMARTS) is 1. The lowest BCUT2D eigenvalue weighted by molar-refractivity contribution is 0.0697. The number of anilines is 1. The third-order valence-electron chi connectivity index (χ3n) is 1.97. The van der Waals surface area contributed by atoms with Gasteiger partial charge in [-0.05, 0) is 18.2 Å². The number of benzene rings is 1. The van der Waals surface area contributed by atoms with Crippen LogP contribution < -0.4 is 5.73 Å². The Bertz CT molecular complexity index is 493. The number of sulfone groups is 1. The molecule has 1 rings (SSSR count). The second-order valence-electron chi connectivity index (χ2n) is 2.96. The molecule has 0 aliphatic carbocycles. The number of rotatable bonds is 3. The molecule has 15 heavy (non-hydrogen) atoms. The summed E-state index contributed by atoms with van der Waals surface area (Å²) >= 11 is 0. The van der Waals surface area contributed by atoms with Crippen LogP contribution in [0.25, 0.3) is 0 Å². The zero-order chi connectivity index (χ0) is 11.6. The molecule has 0 amide bonds. The SMILES string of the molecule is CCS(=O)(=O)c1ccc(C(=O)O)cc1N. The van der Waals surface area contributed by atoms with Gasteiger partial charge >= 0.3 is 5.97 Å². The van der Waals surface area contributed by atoms with Crippen molar-refractivity contribution in [2.45, 2.75) is 11.8 Å². The van der Waals surface area contributed by atoms with Gasteiger partial charge in [-0.15, -0.1) is 0 Å². The van der Waals surface area contributed by atoms with Gasteiger partial charge in [0.05, 0.1) is 21.9 Å². The summed E-state index contributed by atoms with van der Waals surface area (Å²) in [4.78, 5) is 10.6. The number of carbonyl (C=O) groups is 1. The first-order chi connectivity index (χ1) is 6.88. The molecule has 5 nitrogen and oxygen atoms in total. The predicted octanol–water partition coefficient (Wildman–Crippen LogP) is 0.761. The Labute approximate surface area is 87.4 Å². The maximum absolute atomic E-state index is 11.5. The molecule has 1 aromatic rings. The molecule has 0 bridgehead atoms. The van der Waals surface area contributed by atoms with Crippen molar-refractivity contribution in [1.82, 2.24) is 0 Å². The molecule has 6 heteroatoms. The average Bonchev–Trinajstić information content (AvgIpc) is 2.17. The second-order valence-corrected chi connectivity index (χ2v) is 5.21. The van der Waals surface area contributed by atoms with E-state index in [0.29, 0.717) is 0 Å². The lowest BCUT2D eigenvalue weighted by Crippen LogP contribution is -2.08. The molecule has 3 N–H and O–H groups in total. The Morgan fingerprint density at radius 3 is 2.47 bits per heavy atom. The quantitative estimate of drug-likeness (QED) is 0.746. The summed E-state index contributed by atoms with van der Waals surface area (Å²) in [5, 5.41) is 8.66. The van der Waals surface area contributed by atoms with Crippen molar-refractivity contribution in [2.24, 2.45) is 0 Å². The summed E-state index contributed by atoms with van der Waals surface area (Å²) in [6.07, 6.45) is 0. The van der Waals surface area contributed by atoms with Crippen molar-refractivity contribution < 1.29 is 18.3 Å². The van der Waals surface area contributed by atoms with Gasteiger partial charge in [-0.2, -0.15) is 0 Å².